The second-order valence-electron chi connectivity index (χ2n) is 5.41. The first-order valence-corrected chi connectivity index (χ1v) is 8.88. The van der Waals surface area contributed by atoms with E-state index in [1.807, 2.05) is 5.38 Å². The average molecular weight is 376 g/mol. The van der Waals surface area contributed by atoms with Crippen LogP contribution in [0, 0.1) is 0 Å². The third-order valence-corrected chi connectivity index (χ3v) is 4.50. The van der Waals surface area contributed by atoms with Crippen LogP contribution in [0.25, 0.3) is 0 Å². The van der Waals surface area contributed by atoms with E-state index in [9.17, 15) is 14.4 Å². The van der Waals surface area contributed by atoms with Crippen LogP contribution in [0.2, 0.25) is 0 Å². The monoisotopic (exact) mass is 376 g/mol. The molecule has 0 saturated carbocycles. The molecule has 0 aliphatic carbocycles. The number of thiophene rings is 1. The second kappa shape index (κ2) is 9.57. The van der Waals surface area contributed by atoms with E-state index in [1.54, 1.807) is 18.2 Å². The van der Waals surface area contributed by atoms with Crippen molar-refractivity contribution >= 4 is 29.1 Å². The number of carboxylic acids is 1. The largest absolute Gasteiger partial charge is 0.496 e. The molecule has 0 aliphatic rings. The molecule has 2 amide bonds. The van der Waals surface area contributed by atoms with Crippen molar-refractivity contribution in [1.29, 1.82) is 0 Å². The summed E-state index contributed by atoms with van der Waals surface area (Å²) < 4.78 is 5.20. The Labute approximate surface area is 155 Å². The average Bonchev–Trinajstić information content (AvgIpc) is 3.16. The standard InChI is InChI=1S/C18H20N2O5S/c1-25-14-11-13(18(23)24)5-4-12(14)6-8-19-16(21)7-9-20-17(22)15-3-2-10-26-15/h2-5,10-11H,6-9H2,1H3,(H,19,21)(H,20,22)(H,23,24). The number of carbonyl (C=O) groups is 3. The molecule has 1 heterocycles. The summed E-state index contributed by atoms with van der Waals surface area (Å²) in [5.41, 5.74) is 0.958. The lowest BCUT2D eigenvalue weighted by atomic mass is 10.1. The van der Waals surface area contributed by atoms with Crippen LogP contribution >= 0.6 is 11.3 Å². The highest BCUT2D eigenvalue weighted by molar-refractivity contribution is 7.12. The maximum Gasteiger partial charge on any atom is 0.335 e. The number of carbonyl (C=O) groups excluding carboxylic acids is 2. The van der Waals surface area contributed by atoms with E-state index in [4.69, 9.17) is 9.84 Å². The first-order valence-electron chi connectivity index (χ1n) is 8.00. The number of nitrogens with one attached hydrogen (secondary N) is 2. The van der Waals surface area contributed by atoms with Crippen LogP contribution in [0.1, 0.15) is 32.0 Å². The van der Waals surface area contributed by atoms with Crippen molar-refractivity contribution in [3.05, 3.63) is 51.7 Å². The SMILES string of the molecule is COc1cc(C(=O)O)ccc1CCNC(=O)CCNC(=O)c1cccs1. The summed E-state index contributed by atoms with van der Waals surface area (Å²) >= 11 is 1.35. The Kier molecular flexibility index (Phi) is 7.16. The highest BCUT2D eigenvalue weighted by Gasteiger charge is 2.10. The van der Waals surface area contributed by atoms with Gasteiger partial charge in [0.25, 0.3) is 5.91 Å². The zero-order chi connectivity index (χ0) is 18.9. The number of amides is 2. The number of benzene rings is 1. The van der Waals surface area contributed by atoms with Crippen molar-refractivity contribution < 1.29 is 24.2 Å². The van der Waals surface area contributed by atoms with Crippen molar-refractivity contribution in [2.45, 2.75) is 12.8 Å². The summed E-state index contributed by atoms with van der Waals surface area (Å²) in [6, 6.07) is 8.16. The molecule has 26 heavy (non-hydrogen) atoms. The minimum atomic E-state index is -1.02. The maximum atomic E-state index is 11.8. The molecule has 0 radical (unpaired) electrons. The fourth-order valence-electron chi connectivity index (χ4n) is 2.29. The Hall–Kier alpha value is -2.87. The van der Waals surface area contributed by atoms with Crippen LogP contribution in [0.3, 0.4) is 0 Å². The van der Waals surface area contributed by atoms with E-state index in [-0.39, 0.29) is 30.3 Å². The van der Waals surface area contributed by atoms with Gasteiger partial charge >= 0.3 is 5.97 Å². The number of hydrogen-bond donors (Lipinski definition) is 3. The van der Waals surface area contributed by atoms with Gasteiger partial charge in [-0.3, -0.25) is 9.59 Å². The molecule has 2 rings (SSSR count). The summed E-state index contributed by atoms with van der Waals surface area (Å²) in [5, 5.41) is 16.3. The van der Waals surface area contributed by atoms with E-state index in [0.717, 1.165) is 5.56 Å². The molecule has 2 aromatic rings. The van der Waals surface area contributed by atoms with Crippen molar-refractivity contribution in [3.8, 4) is 5.75 Å². The highest BCUT2D eigenvalue weighted by Crippen LogP contribution is 2.20. The summed E-state index contributed by atoms with van der Waals surface area (Å²) in [6.07, 6.45) is 0.697. The van der Waals surface area contributed by atoms with E-state index in [0.29, 0.717) is 23.6 Å². The minimum Gasteiger partial charge on any atom is -0.496 e. The van der Waals surface area contributed by atoms with Crippen molar-refractivity contribution in [1.82, 2.24) is 10.6 Å². The van der Waals surface area contributed by atoms with Gasteiger partial charge in [0.1, 0.15) is 5.75 Å². The molecule has 3 N–H and O–H groups in total. The Morgan fingerprint density at radius 1 is 1.15 bits per heavy atom. The number of ether oxygens (including phenoxy) is 1. The van der Waals surface area contributed by atoms with Gasteiger partial charge in [0.05, 0.1) is 17.6 Å². The number of hydrogen-bond acceptors (Lipinski definition) is 5. The summed E-state index contributed by atoms with van der Waals surface area (Å²) in [5.74, 6) is -0.899. The van der Waals surface area contributed by atoms with Crippen molar-refractivity contribution in [2.24, 2.45) is 0 Å². The van der Waals surface area contributed by atoms with Gasteiger partial charge in [-0.25, -0.2) is 4.79 Å². The van der Waals surface area contributed by atoms with Gasteiger partial charge in [0.15, 0.2) is 0 Å². The predicted octanol–water partition coefficient (Wildman–Crippen LogP) is 1.93. The quantitative estimate of drug-likeness (QED) is 0.620. The molecule has 0 fully saturated rings. The van der Waals surface area contributed by atoms with Crippen LogP contribution in [0.5, 0.6) is 5.75 Å². The van der Waals surface area contributed by atoms with Gasteiger partial charge in [-0.2, -0.15) is 0 Å². The lowest BCUT2D eigenvalue weighted by Gasteiger charge is -2.10. The van der Waals surface area contributed by atoms with Crippen LogP contribution in [0.4, 0.5) is 0 Å². The molecule has 8 heteroatoms. The van der Waals surface area contributed by atoms with Gasteiger partial charge in [0, 0.05) is 19.5 Å². The van der Waals surface area contributed by atoms with Gasteiger partial charge < -0.3 is 20.5 Å². The van der Waals surface area contributed by atoms with Crippen molar-refractivity contribution in [2.75, 3.05) is 20.2 Å². The molecule has 1 aromatic heterocycles. The molecule has 1 aromatic carbocycles. The number of aromatic carboxylic acids is 1. The van der Waals surface area contributed by atoms with E-state index < -0.39 is 5.97 Å². The lowest BCUT2D eigenvalue weighted by molar-refractivity contribution is -0.120. The third kappa shape index (κ3) is 5.59. The first-order chi connectivity index (χ1) is 12.5. The minimum absolute atomic E-state index is 0.149. The Morgan fingerprint density at radius 2 is 1.96 bits per heavy atom. The first kappa shape index (κ1) is 19.5. The zero-order valence-corrected chi connectivity index (χ0v) is 15.1. The van der Waals surface area contributed by atoms with E-state index in [2.05, 4.69) is 10.6 Å². The number of carboxylic acid groups (broad SMARTS) is 1. The molecule has 138 valence electrons. The molecule has 0 spiro atoms. The van der Waals surface area contributed by atoms with Crippen LogP contribution in [-0.2, 0) is 11.2 Å². The Morgan fingerprint density at radius 3 is 2.62 bits per heavy atom. The molecule has 0 aliphatic heterocycles. The normalized spacial score (nSPS) is 10.2. The molecule has 0 bridgehead atoms. The van der Waals surface area contributed by atoms with Crippen LogP contribution in [-0.4, -0.2) is 43.1 Å². The highest BCUT2D eigenvalue weighted by atomic mass is 32.1. The molecular formula is C18H20N2O5S. The Bertz CT molecular complexity index is 774. The predicted molar refractivity (Wildman–Crippen MR) is 97.9 cm³/mol. The second-order valence-corrected chi connectivity index (χ2v) is 6.36. The smallest absolute Gasteiger partial charge is 0.335 e. The van der Waals surface area contributed by atoms with Gasteiger partial charge in [-0.1, -0.05) is 12.1 Å². The number of methoxy groups -OCH3 is 1. The van der Waals surface area contributed by atoms with Crippen LogP contribution in [0.15, 0.2) is 35.7 Å². The van der Waals surface area contributed by atoms with Gasteiger partial charge in [0.2, 0.25) is 5.91 Å². The molecule has 7 nitrogen and oxygen atoms in total. The molecule has 0 unspecified atom stereocenters. The molecule has 0 saturated heterocycles. The molecular weight excluding hydrogens is 356 g/mol. The van der Waals surface area contributed by atoms with Gasteiger partial charge in [-0.15, -0.1) is 11.3 Å². The molecule has 0 atom stereocenters. The van der Waals surface area contributed by atoms with E-state index >= 15 is 0 Å². The maximum absolute atomic E-state index is 11.8. The summed E-state index contributed by atoms with van der Waals surface area (Å²) in [4.78, 5) is 35.2. The summed E-state index contributed by atoms with van der Waals surface area (Å²) in [7, 11) is 1.47. The summed E-state index contributed by atoms with van der Waals surface area (Å²) in [6.45, 7) is 0.652. The fraction of sp³-hybridized carbons (Fsp3) is 0.278. The lowest BCUT2D eigenvalue weighted by Crippen LogP contribution is -2.31. The fourth-order valence-corrected chi connectivity index (χ4v) is 2.93. The zero-order valence-electron chi connectivity index (χ0n) is 14.3. The van der Waals surface area contributed by atoms with Crippen molar-refractivity contribution in [3.63, 3.8) is 0 Å². The van der Waals surface area contributed by atoms with E-state index in [1.165, 1.54) is 30.6 Å². The topological polar surface area (TPSA) is 105 Å². The third-order valence-electron chi connectivity index (χ3n) is 3.63. The Balaban J connectivity index is 1.72. The number of rotatable bonds is 9. The van der Waals surface area contributed by atoms with Gasteiger partial charge in [-0.05, 0) is 35.6 Å². The van der Waals surface area contributed by atoms with Crippen LogP contribution < -0.4 is 15.4 Å².